The van der Waals surface area contributed by atoms with E-state index in [1.165, 1.54) is 6.92 Å². The second-order valence-corrected chi connectivity index (χ2v) is 7.29. The van der Waals surface area contributed by atoms with E-state index in [2.05, 4.69) is 41.9 Å². The summed E-state index contributed by atoms with van der Waals surface area (Å²) >= 11 is 3.40. The van der Waals surface area contributed by atoms with Gasteiger partial charge in [-0.25, -0.2) is 4.99 Å². The molecule has 0 aliphatic rings. The van der Waals surface area contributed by atoms with Crippen LogP contribution >= 0.6 is 15.9 Å². The van der Waals surface area contributed by atoms with E-state index in [0.29, 0.717) is 23.8 Å². The molecule has 0 unspecified atom stereocenters. The Hall–Kier alpha value is -3.52. The summed E-state index contributed by atoms with van der Waals surface area (Å²) in [5.41, 5.74) is 2.63. The van der Waals surface area contributed by atoms with E-state index in [0.717, 1.165) is 15.7 Å². The summed E-state index contributed by atoms with van der Waals surface area (Å²) in [6.45, 7) is 1.76. The minimum atomic E-state index is -0.350. The molecule has 152 valence electrons. The largest absolute Gasteiger partial charge is 0.326 e. The van der Waals surface area contributed by atoms with Crippen LogP contribution in [0.1, 0.15) is 22.8 Å². The van der Waals surface area contributed by atoms with E-state index in [-0.39, 0.29) is 11.8 Å². The molecular formula is C22H20BrN5O2. The third-order valence-electron chi connectivity index (χ3n) is 3.93. The first-order valence-corrected chi connectivity index (χ1v) is 9.94. The summed E-state index contributed by atoms with van der Waals surface area (Å²) in [4.78, 5) is 32.6. The highest BCUT2D eigenvalue weighted by atomic mass is 79.9. The number of aliphatic imine (C=N–C) groups is 1. The third kappa shape index (κ3) is 6.52. The van der Waals surface area contributed by atoms with Gasteiger partial charge in [0, 0.05) is 40.7 Å². The average Bonchev–Trinajstić information content (AvgIpc) is 2.74. The molecule has 3 aromatic rings. The SMILES string of the molecule is CC(=O)Nc1cccc(C(=O)NC(=NCc2cccnc2)Nc2ccc(Br)cc2)c1. The Morgan fingerprint density at radius 1 is 1.00 bits per heavy atom. The standard InChI is InChI=1S/C22H20BrN5O2/c1-15(29)26-20-6-2-5-17(12-20)21(30)28-22(25-14-16-4-3-11-24-13-16)27-19-9-7-18(23)8-10-19/h2-13H,14H2,1H3,(H,26,29)(H2,25,27,28,30). The van der Waals surface area contributed by atoms with Gasteiger partial charge in [0.05, 0.1) is 6.54 Å². The van der Waals surface area contributed by atoms with Crippen LogP contribution in [0.15, 0.2) is 82.5 Å². The van der Waals surface area contributed by atoms with Crippen molar-refractivity contribution in [1.82, 2.24) is 10.3 Å². The number of hydrogen-bond acceptors (Lipinski definition) is 4. The predicted octanol–water partition coefficient (Wildman–Crippen LogP) is 4.20. The Balaban J connectivity index is 1.79. The molecule has 0 aliphatic carbocycles. The number of amides is 2. The molecule has 0 fully saturated rings. The van der Waals surface area contributed by atoms with Crippen molar-refractivity contribution in [3.63, 3.8) is 0 Å². The van der Waals surface area contributed by atoms with Crippen molar-refractivity contribution < 1.29 is 9.59 Å². The lowest BCUT2D eigenvalue weighted by atomic mass is 10.2. The normalized spacial score (nSPS) is 10.9. The van der Waals surface area contributed by atoms with Crippen LogP contribution in [0.2, 0.25) is 0 Å². The lowest BCUT2D eigenvalue weighted by molar-refractivity contribution is -0.114. The minimum absolute atomic E-state index is 0.205. The molecule has 3 N–H and O–H groups in total. The van der Waals surface area contributed by atoms with Crippen LogP contribution in [0.5, 0.6) is 0 Å². The smallest absolute Gasteiger partial charge is 0.258 e. The van der Waals surface area contributed by atoms with Crippen LogP contribution in [-0.2, 0) is 11.3 Å². The molecule has 0 bridgehead atoms. The summed E-state index contributed by atoms with van der Waals surface area (Å²) in [7, 11) is 0. The van der Waals surface area contributed by atoms with Gasteiger partial charge in [0.15, 0.2) is 0 Å². The summed E-state index contributed by atoms with van der Waals surface area (Å²) in [6, 6.07) is 17.9. The molecule has 1 heterocycles. The van der Waals surface area contributed by atoms with E-state index >= 15 is 0 Å². The summed E-state index contributed by atoms with van der Waals surface area (Å²) < 4.78 is 0.945. The third-order valence-corrected chi connectivity index (χ3v) is 4.46. The maximum Gasteiger partial charge on any atom is 0.258 e. The molecule has 1 aromatic heterocycles. The van der Waals surface area contributed by atoms with Gasteiger partial charge < -0.3 is 10.6 Å². The molecule has 0 saturated heterocycles. The zero-order chi connectivity index (χ0) is 21.3. The van der Waals surface area contributed by atoms with Crippen molar-refractivity contribution in [3.8, 4) is 0 Å². The second kappa shape index (κ2) is 10.3. The van der Waals surface area contributed by atoms with Gasteiger partial charge in [0.2, 0.25) is 11.9 Å². The molecule has 2 amide bonds. The Kier molecular flexibility index (Phi) is 7.29. The fourth-order valence-corrected chi connectivity index (χ4v) is 2.83. The number of benzene rings is 2. The molecule has 0 atom stereocenters. The summed E-state index contributed by atoms with van der Waals surface area (Å²) in [6.07, 6.45) is 3.41. The van der Waals surface area contributed by atoms with Crippen molar-refractivity contribution in [3.05, 3.63) is 88.7 Å². The van der Waals surface area contributed by atoms with Crippen LogP contribution in [-0.4, -0.2) is 22.8 Å². The van der Waals surface area contributed by atoms with Gasteiger partial charge in [-0.05, 0) is 54.1 Å². The van der Waals surface area contributed by atoms with Crippen molar-refractivity contribution in [1.29, 1.82) is 0 Å². The van der Waals surface area contributed by atoms with Gasteiger partial charge in [0.1, 0.15) is 0 Å². The van der Waals surface area contributed by atoms with Gasteiger partial charge in [-0.3, -0.25) is 19.9 Å². The first-order valence-electron chi connectivity index (χ1n) is 9.14. The monoisotopic (exact) mass is 465 g/mol. The second-order valence-electron chi connectivity index (χ2n) is 6.37. The molecular weight excluding hydrogens is 446 g/mol. The molecule has 0 saturated carbocycles. The topological polar surface area (TPSA) is 95.5 Å². The van der Waals surface area contributed by atoms with Crippen LogP contribution in [0.25, 0.3) is 0 Å². The number of rotatable bonds is 5. The zero-order valence-corrected chi connectivity index (χ0v) is 17.8. The molecule has 2 aromatic carbocycles. The molecule has 8 heteroatoms. The first-order chi connectivity index (χ1) is 14.5. The maximum absolute atomic E-state index is 12.8. The van der Waals surface area contributed by atoms with Crippen molar-refractivity contribution >= 4 is 45.1 Å². The van der Waals surface area contributed by atoms with Crippen molar-refractivity contribution in [2.24, 2.45) is 4.99 Å². The van der Waals surface area contributed by atoms with Gasteiger partial charge in [-0.1, -0.05) is 28.1 Å². The van der Waals surface area contributed by atoms with Gasteiger partial charge >= 0.3 is 0 Å². The van der Waals surface area contributed by atoms with Gasteiger partial charge in [0.25, 0.3) is 5.91 Å². The number of halogens is 1. The minimum Gasteiger partial charge on any atom is -0.326 e. The number of anilines is 2. The van der Waals surface area contributed by atoms with Crippen LogP contribution < -0.4 is 16.0 Å². The zero-order valence-electron chi connectivity index (χ0n) is 16.2. The number of carbonyl (C=O) groups is 2. The quantitative estimate of drug-likeness (QED) is 0.388. The number of nitrogens with zero attached hydrogens (tertiary/aromatic N) is 2. The van der Waals surface area contributed by atoms with E-state index < -0.39 is 0 Å². The Morgan fingerprint density at radius 2 is 1.80 bits per heavy atom. The molecule has 3 rings (SSSR count). The number of hydrogen-bond donors (Lipinski definition) is 3. The van der Waals surface area contributed by atoms with E-state index in [1.807, 2.05) is 36.4 Å². The van der Waals surface area contributed by atoms with Crippen molar-refractivity contribution in [2.45, 2.75) is 13.5 Å². The van der Waals surface area contributed by atoms with Crippen LogP contribution in [0.3, 0.4) is 0 Å². The Morgan fingerprint density at radius 3 is 2.50 bits per heavy atom. The number of guanidine groups is 1. The molecule has 0 radical (unpaired) electrons. The first kappa shape index (κ1) is 21.2. The number of pyridine rings is 1. The van der Waals surface area contributed by atoms with E-state index in [1.54, 1.807) is 36.7 Å². The number of nitrogens with one attached hydrogen (secondary N) is 3. The predicted molar refractivity (Wildman–Crippen MR) is 121 cm³/mol. The summed E-state index contributed by atoms with van der Waals surface area (Å²) in [5.74, 6) is -0.254. The lowest BCUT2D eigenvalue weighted by Gasteiger charge is -2.13. The highest BCUT2D eigenvalue weighted by Gasteiger charge is 2.11. The molecule has 7 nitrogen and oxygen atoms in total. The summed E-state index contributed by atoms with van der Waals surface area (Å²) in [5, 5.41) is 8.60. The maximum atomic E-state index is 12.8. The Bertz CT molecular complexity index is 1050. The van der Waals surface area contributed by atoms with Gasteiger partial charge in [-0.2, -0.15) is 0 Å². The molecule has 30 heavy (non-hydrogen) atoms. The van der Waals surface area contributed by atoms with Crippen LogP contribution in [0, 0.1) is 0 Å². The molecule has 0 aliphatic heterocycles. The highest BCUT2D eigenvalue weighted by molar-refractivity contribution is 9.10. The average molecular weight is 466 g/mol. The molecule has 0 spiro atoms. The van der Waals surface area contributed by atoms with E-state index in [4.69, 9.17) is 0 Å². The number of carbonyl (C=O) groups excluding carboxylic acids is 2. The van der Waals surface area contributed by atoms with Crippen molar-refractivity contribution in [2.75, 3.05) is 10.6 Å². The Labute approximate surface area is 182 Å². The van der Waals surface area contributed by atoms with Gasteiger partial charge in [-0.15, -0.1) is 0 Å². The fourth-order valence-electron chi connectivity index (χ4n) is 2.56. The van der Waals surface area contributed by atoms with E-state index in [9.17, 15) is 9.59 Å². The highest BCUT2D eigenvalue weighted by Crippen LogP contribution is 2.15. The lowest BCUT2D eigenvalue weighted by Crippen LogP contribution is -2.36. The number of aromatic nitrogens is 1. The van der Waals surface area contributed by atoms with Crippen LogP contribution in [0.4, 0.5) is 11.4 Å². The fraction of sp³-hybridized carbons (Fsp3) is 0.0909.